The lowest BCUT2D eigenvalue weighted by Crippen LogP contribution is -2.26. The van der Waals surface area contributed by atoms with E-state index in [2.05, 4.69) is 42.4 Å². The van der Waals surface area contributed by atoms with Crippen molar-refractivity contribution in [1.82, 2.24) is 19.6 Å². The Kier molecular flexibility index (Phi) is 8.00. The second kappa shape index (κ2) is 11.3. The van der Waals surface area contributed by atoms with Crippen molar-refractivity contribution < 1.29 is 9.16 Å². The number of aromatic nitrogens is 5. The zero-order valence-corrected chi connectivity index (χ0v) is 20.5. The maximum Gasteiger partial charge on any atom is 0.371 e. The van der Waals surface area contributed by atoms with E-state index >= 15 is 0 Å². The average molecular weight is 464 g/mol. The van der Waals surface area contributed by atoms with E-state index in [9.17, 15) is 4.91 Å². The van der Waals surface area contributed by atoms with Gasteiger partial charge in [0.15, 0.2) is 6.20 Å². The van der Waals surface area contributed by atoms with Crippen molar-refractivity contribution >= 4 is 6.21 Å². The number of nitrogens with zero attached hydrogens (tertiary/aromatic N) is 6. The molecule has 1 aliphatic heterocycles. The molecule has 34 heavy (non-hydrogen) atoms. The van der Waals surface area contributed by atoms with Crippen LogP contribution in [0.15, 0.2) is 64.3 Å². The van der Waals surface area contributed by atoms with Crippen molar-refractivity contribution in [3.63, 3.8) is 0 Å². The number of ether oxygens (including phenoxy) is 1. The van der Waals surface area contributed by atoms with Crippen LogP contribution in [0.5, 0.6) is 0 Å². The second-order valence-electron chi connectivity index (χ2n) is 9.19. The molecule has 0 amide bonds. The second-order valence-corrected chi connectivity index (χ2v) is 9.19. The average Bonchev–Trinajstić information content (AvgIpc) is 3.50. The summed E-state index contributed by atoms with van der Waals surface area (Å²) < 4.78 is 9.77. The van der Waals surface area contributed by atoms with Crippen molar-refractivity contribution in [3.8, 4) is 5.69 Å². The van der Waals surface area contributed by atoms with Crippen LogP contribution in [-0.2, 0) is 18.2 Å². The molecule has 2 aromatic heterocycles. The van der Waals surface area contributed by atoms with Crippen LogP contribution >= 0.6 is 0 Å². The Morgan fingerprint density at radius 3 is 3.03 bits per heavy atom. The lowest BCUT2D eigenvalue weighted by Gasteiger charge is -2.15. The number of hydrogen-bond acceptors (Lipinski definition) is 5. The first-order valence-corrected chi connectivity index (χ1v) is 12.2. The van der Waals surface area contributed by atoms with Crippen molar-refractivity contribution in [3.05, 3.63) is 70.1 Å². The summed E-state index contributed by atoms with van der Waals surface area (Å²) in [5, 5.41) is 8.78. The Hall–Kier alpha value is -3.13. The summed E-state index contributed by atoms with van der Waals surface area (Å²) >= 11 is 0. The molecule has 2 aliphatic rings. The van der Waals surface area contributed by atoms with Crippen molar-refractivity contribution in [2.24, 2.45) is 18.0 Å². The van der Waals surface area contributed by atoms with Crippen LogP contribution in [0.2, 0.25) is 0 Å². The highest BCUT2D eigenvalue weighted by Gasteiger charge is 2.20. The van der Waals surface area contributed by atoms with Crippen LogP contribution in [0.25, 0.3) is 5.69 Å². The molecule has 2 aromatic rings. The van der Waals surface area contributed by atoms with E-state index in [1.54, 1.807) is 21.8 Å². The molecule has 8 nitrogen and oxygen atoms in total. The first-order valence-electron chi connectivity index (χ1n) is 12.2. The highest BCUT2D eigenvalue weighted by molar-refractivity contribution is 5.62. The molecule has 1 atom stereocenters. The molecule has 1 aliphatic carbocycles. The third kappa shape index (κ3) is 6.05. The molecule has 0 spiro atoms. The van der Waals surface area contributed by atoms with Crippen LogP contribution in [0.1, 0.15) is 58.2 Å². The number of hydrogen-bond donors (Lipinski definition) is 0. The monoisotopic (exact) mass is 463 g/mol. The predicted octanol–water partition coefficient (Wildman–Crippen LogP) is 4.28. The van der Waals surface area contributed by atoms with E-state index in [4.69, 9.17) is 9.73 Å². The highest BCUT2D eigenvalue weighted by atomic mass is 16.5. The summed E-state index contributed by atoms with van der Waals surface area (Å²) in [6.45, 7) is 6.08. The summed E-state index contributed by atoms with van der Waals surface area (Å²) in [7, 11) is 1.86. The highest BCUT2D eigenvalue weighted by Crippen LogP contribution is 2.28. The van der Waals surface area contributed by atoms with Crippen LogP contribution in [0.4, 0.5) is 0 Å². The van der Waals surface area contributed by atoms with Crippen molar-refractivity contribution in [2.75, 3.05) is 13.2 Å². The Morgan fingerprint density at radius 2 is 2.29 bits per heavy atom. The van der Waals surface area contributed by atoms with Crippen LogP contribution in [0, 0.1) is 10.8 Å². The molecule has 180 valence electrons. The minimum Gasteiger partial charge on any atom is -0.381 e. The molecule has 1 saturated heterocycles. The van der Waals surface area contributed by atoms with Crippen molar-refractivity contribution in [2.45, 2.75) is 58.8 Å². The largest absolute Gasteiger partial charge is 0.381 e. The van der Waals surface area contributed by atoms with Gasteiger partial charge in [-0.05, 0) is 56.1 Å². The van der Waals surface area contributed by atoms with E-state index in [0.717, 1.165) is 73.1 Å². The zero-order valence-electron chi connectivity index (χ0n) is 20.5. The maximum atomic E-state index is 12.5. The van der Waals surface area contributed by atoms with Crippen LogP contribution < -0.4 is 4.43 Å². The first-order chi connectivity index (χ1) is 16.5. The molecule has 0 bridgehead atoms. The zero-order chi connectivity index (χ0) is 23.9. The molecule has 0 saturated carbocycles. The van der Waals surface area contributed by atoms with E-state index < -0.39 is 0 Å². The van der Waals surface area contributed by atoms with Gasteiger partial charge < -0.3 is 4.74 Å². The van der Waals surface area contributed by atoms with Gasteiger partial charge in [0.05, 0.1) is 35.8 Å². The van der Waals surface area contributed by atoms with Crippen molar-refractivity contribution in [1.29, 1.82) is 0 Å². The summed E-state index contributed by atoms with van der Waals surface area (Å²) in [6, 6.07) is 0. The predicted molar refractivity (Wildman–Crippen MR) is 132 cm³/mol. The fraction of sp³-hybridized carbons (Fsp3) is 0.500. The van der Waals surface area contributed by atoms with Crippen LogP contribution in [-0.4, -0.2) is 39.0 Å². The van der Waals surface area contributed by atoms with Gasteiger partial charge in [-0.1, -0.05) is 36.0 Å². The normalized spacial score (nSPS) is 19.3. The van der Waals surface area contributed by atoms with E-state index in [0.29, 0.717) is 18.2 Å². The number of aliphatic imine (C=N–C) groups is 1. The SMILES string of the molecule is CCCC(C)=C(N=CCC1CCOC1)C1=CCCC(Cc2nn(-c3cnn(C)c3)cc[n+]2=O)=C1. The van der Waals surface area contributed by atoms with Crippen LogP contribution in [0.3, 0.4) is 0 Å². The molecule has 3 heterocycles. The van der Waals surface area contributed by atoms with Gasteiger partial charge in [0.2, 0.25) is 0 Å². The molecule has 8 heteroatoms. The van der Waals surface area contributed by atoms with Gasteiger partial charge in [0.1, 0.15) is 5.69 Å². The Bertz CT molecular complexity index is 1180. The molecule has 1 fully saturated rings. The molecular weight excluding hydrogens is 428 g/mol. The van der Waals surface area contributed by atoms with Gasteiger partial charge in [-0.25, -0.2) is 0 Å². The lowest BCUT2D eigenvalue weighted by molar-refractivity contribution is -0.510. The lowest BCUT2D eigenvalue weighted by atomic mass is 9.93. The third-order valence-corrected chi connectivity index (χ3v) is 6.34. The maximum absolute atomic E-state index is 12.5. The first kappa shape index (κ1) is 24.0. The molecule has 1 unspecified atom stereocenters. The Labute approximate surface area is 201 Å². The Balaban J connectivity index is 1.55. The van der Waals surface area contributed by atoms with E-state index in [1.165, 1.54) is 17.3 Å². The fourth-order valence-corrected chi connectivity index (χ4v) is 4.45. The number of allylic oxidation sites excluding steroid dienone is 4. The number of rotatable bonds is 9. The quantitative estimate of drug-likeness (QED) is 0.411. The minimum atomic E-state index is 0.472. The molecule has 0 aromatic carbocycles. The van der Waals surface area contributed by atoms with Gasteiger partial charge >= 0.3 is 5.82 Å². The minimum absolute atomic E-state index is 0.472. The molecular formula is C26H35N6O2+. The summed E-state index contributed by atoms with van der Waals surface area (Å²) in [5.41, 5.74) is 5.54. The third-order valence-electron chi connectivity index (χ3n) is 6.34. The fourth-order valence-electron chi connectivity index (χ4n) is 4.45. The summed E-state index contributed by atoms with van der Waals surface area (Å²) in [5.74, 6) is 1.05. The van der Waals surface area contributed by atoms with E-state index in [-0.39, 0.29) is 0 Å². The molecule has 0 radical (unpaired) electrons. The van der Waals surface area contributed by atoms with Gasteiger partial charge in [-0.15, -0.1) is 4.68 Å². The standard InChI is InChI=1S/C26H35N6O2/c1-4-6-20(2)26(27-11-9-21-10-14-34-19-21)23-8-5-7-22(15-23)16-25-29-31(12-13-32(25)33)24-17-28-30(3)18-24/h8,11-13,15,17-18,21H,4-7,9-10,14,16,19H2,1-3H3/q+1. The molecule has 0 N–H and O–H groups in total. The van der Waals surface area contributed by atoms with Gasteiger partial charge in [0, 0.05) is 30.9 Å². The Morgan fingerprint density at radius 1 is 1.41 bits per heavy atom. The van der Waals surface area contributed by atoms with E-state index in [1.807, 2.05) is 13.2 Å². The topological polar surface area (TPSA) is 80.2 Å². The smallest absolute Gasteiger partial charge is 0.371 e. The number of aryl methyl sites for hydroxylation is 1. The van der Waals surface area contributed by atoms with Gasteiger partial charge in [-0.3, -0.25) is 9.67 Å². The van der Waals surface area contributed by atoms with Gasteiger partial charge in [0.25, 0.3) is 0 Å². The molecule has 4 rings (SSSR count). The summed E-state index contributed by atoms with van der Waals surface area (Å²) in [4.78, 5) is 17.4. The van der Waals surface area contributed by atoms with Gasteiger partial charge in [-0.2, -0.15) is 5.10 Å². The summed E-state index contributed by atoms with van der Waals surface area (Å²) in [6.07, 6.45) is 19.8.